The van der Waals surface area contributed by atoms with Crippen LogP contribution in [0.15, 0.2) is 244 Å². The summed E-state index contributed by atoms with van der Waals surface area (Å²) in [5.74, 6) is 4.71. The van der Waals surface area contributed by atoms with Gasteiger partial charge in [0.1, 0.15) is 44.6 Å². The number of hydrogen-bond acceptors (Lipinski definition) is 3. The Balaban J connectivity index is 0.000000159. The van der Waals surface area contributed by atoms with Gasteiger partial charge in [-0.1, -0.05) is 152 Å². The second kappa shape index (κ2) is 22.6. The summed E-state index contributed by atoms with van der Waals surface area (Å²) >= 11 is 0. The number of hydrogen-bond donors (Lipinski definition) is 0. The molecule has 0 aliphatic heterocycles. The van der Waals surface area contributed by atoms with Crippen molar-refractivity contribution in [2.75, 3.05) is 0 Å². The molecule has 13 rings (SSSR count). The summed E-state index contributed by atoms with van der Waals surface area (Å²) in [7, 11) is -2.40. The van der Waals surface area contributed by atoms with Crippen molar-refractivity contribution >= 4 is 104 Å². The van der Waals surface area contributed by atoms with Gasteiger partial charge in [-0.15, -0.1) is 23.3 Å². The van der Waals surface area contributed by atoms with Gasteiger partial charge in [0.05, 0.1) is 37.1 Å². The third-order valence-corrected chi connectivity index (χ3v) is 19.3. The first-order valence-corrected chi connectivity index (χ1v) is 26.1. The predicted molar refractivity (Wildman–Crippen MR) is 293 cm³/mol. The van der Waals surface area contributed by atoms with E-state index >= 15 is 0 Å². The van der Waals surface area contributed by atoms with Crippen LogP contribution in [0.25, 0.3) is 67.0 Å². The molecule has 7 heteroatoms. The van der Waals surface area contributed by atoms with Gasteiger partial charge in [0.25, 0.3) is 0 Å². The van der Waals surface area contributed by atoms with E-state index in [-0.39, 0.29) is 44.8 Å². The first kappa shape index (κ1) is 49.3. The monoisotopic (exact) mass is 1320 g/mol. The molecule has 348 valence electrons. The maximum absolute atomic E-state index is 7.06. The van der Waals surface area contributed by atoms with Crippen LogP contribution in [0.3, 0.4) is 0 Å². The minimum atomic E-state index is -1.21. The van der Waals surface area contributed by atoms with Crippen LogP contribution >= 0.6 is 15.8 Å². The molecule has 0 saturated heterocycles. The molecule has 0 N–H and O–H groups in total. The molecule has 71 heavy (non-hydrogen) atoms. The third-order valence-electron chi connectivity index (χ3n) is 12.8. The summed E-state index contributed by atoms with van der Waals surface area (Å²) in [4.78, 5) is 0. The van der Waals surface area contributed by atoms with E-state index in [1.807, 2.05) is 84.9 Å². The molecule has 9 aromatic carbocycles. The maximum Gasteiger partial charge on any atom is 1.00 e. The Bertz CT molecular complexity index is 3760. The summed E-state index contributed by atoms with van der Waals surface area (Å²) < 4.78 is 17.9. The SMILES string of the molecule is C1=c2oc3ccccc3c2=CC([PH+](c2ccccc2)c2ccccc2)C1[PH+](c1ccccc1)c1ccccc1.[Au+].[Au+].[C-]#Cc1ccc2c(c1)oc1ccccc12.[C-]#Cc1ccc2c(c1)oc1ccccc12. The molecule has 3 heterocycles. The zero-order valence-electron chi connectivity index (χ0n) is 38.1. The van der Waals surface area contributed by atoms with Gasteiger partial charge in [-0.2, -0.15) is 0 Å². The molecule has 12 aromatic rings. The van der Waals surface area contributed by atoms with E-state index < -0.39 is 15.8 Å². The standard InChI is InChI=1S/C36H28OP2.2C14H7O.2Au/c1-5-15-27(16-6-1)38(28-17-7-2-8-18-28)35-25-32-31-23-13-14-24-33(31)37-34(32)26-36(35)39(29-19-9-3-10-20-29)30-21-11-4-12-22-30;2*1-2-10-7-8-12-11-5-3-4-6-13(11)15-14(12)9-10;;/h1-26,35-36H;2*3-9H;;/q;2*-1;2*+1/p+2. The molecule has 0 amide bonds. The van der Waals surface area contributed by atoms with Gasteiger partial charge in [-0.3, -0.25) is 11.8 Å². The van der Waals surface area contributed by atoms with Crippen molar-refractivity contribution in [3.8, 4) is 11.8 Å². The van der Waals surface area contributed by atoms with Gasteiger partial charge in [-0.25, -0.2) is 0 Å². The number of para-hydroxylation sites is 3. The zero-order valence-corrected chi connectivity index (χ0v) is 44.4. The fraction of sp³-hybridized carbons (Fsp3) is 0.0312. The molecular formula is C64H44Au2O3P2+2. The van der Waals surface area contributed by atoms with Crippen molar-refractivity contribution in [1.82, 2.24) is 0 Å². The first-order valence-electron chi connectivity index (χ1n) is 23.0. The van der Waals surface area contributed by atoms with Crippen molar-refractivity contribution in [3.63, 3.8) is 0 Å². The molecule has 0 fully saturated rings. The van der Waals surface area contributed by atoms with Crippen LogP contribution in [0.1, 0.15) is 11.1 Å². The minimum absolute atomic E-state index is 0. The summed E-state index contributed by atoms with van der Waals surface area (Å²) in [6, 6.07) is 80.5. The molecule has 3 aromatic heterocycles. The molecule has 0 spiro atoms. The molecule has 0 bridgehead atoms. The predicted octanol–water partition coefficient (Wildman–Crippen LogP) is 12.5. The molecule has 1 aliphatic rings. The molecule has 2 atom stereocenters. The van der Waals surface area contributed by atoms with Gasteiger partial charge in [0.15, 0.2) is 0 Å². The molecule has 0 saturated carbocycles. The van der Waals surface area contributed by atoms with Crippen molar-refractivity contribution in [2.24, 2.45) is 0 Å². The summed E-state index contributed by atoms with van der Waals surface area (Å²) in [6.45, 7) is 0. The van der Waals surface area contributed by atoms with Crippen molar-refractivity contribution in [3.05, 3.63) is 265 Å². The van der Waals surface area contributed by atoms with Crippen LogP contribution in [-0.4, -0.2) is 11.3 Å². The third kappa shape index (κ3) is 10.3. The van der Waals surface area contributed by atoms with Gasteiger partial charge >= 0.3 is 44.8 Å². The maximum atomic E-state index is 7.06. The summed E-state index contributed by atoms with van der Waals surface area (Å²) in [6.07, 6.45) is 19.2. The molecule has 3 nitrogen and oxygen atoms in total. The van der Waals surface area contributed by atoms with Crippen molar-refractivity contribution in [1.29, 1.82) is 0 Å². The molecule has 0 radical (unpaired) electrons. The van der Waals surface area contributed by atoms with Crippen LogP contribution in [0.5, 0.6) is 0 Å². The Morgan fingerprint density at radius 2 is 0.648 bits per heavy atom. The fourth-order valence-electron chi connectivity index (χ4n) is 9.64. The van der Waals surface area contributed by atoms with Gasteiger partial charge in [0.2, 0.25) is 0 Å². The van der Waals surface area contributed by atoms with E-state index in [2.05, 4.69) is 170 Å². The number of benzene rings is 9. The second-order valence-corrected chi connectivity index (χ2v) is 22.2. The van der Waals surface area contributed by atoms with Crippen LogP contribution in [0.4, 0.5) is 0 Å². The van der Waals surface area contributed by atoms with Crippen LogP contribution in [0, 0.1) is 24.7 Å². The van der Waals surface area contributed by atoms with Crippen molar-refractivity contribution < 1.29 is 58.0 Å². The van der Waals surface area contributed by atoms with Gasteiger partial charge in [0, 0.05) is 38.2 Å². The van der Waals surface area contributed by atoms with Crippen LogP contribution in [0.2, 0.25) is 0 Å². The average Bonchev–Trinajstić information content (AvgIpc) is 4.11. The van der Waals surface area contributed by atoms with Crippen LogP contribution in [-0.2, 0) is 44.8 Å². The Kier molecular flexibility index (Phi) is 15.7. The molecular weight excluding hydrogens is 1270 g/mol. The quantitative estimate of drug-likeness (QED) is 0.0721. The van der Waals surface area contributed by atoms with E-state index in [0.717, 1.165) is 66.0 Å². The topological polar surface area (TPSA) is 39.4 Å². The first-order chi connectivity index (χ1) is 34.1. The van der Waals surface area contributed by atoms with Crippen LogP contribution < -0.4 is 31.9 Å². The largest absolute Gasteiger partial charge is 1.00 e. The zero-order chi connectivity index (χ0) is 46.5. The second-order valence-electron chi connectivity index (χ2n) is 16.9. The van der Waals surface area contributed by atoms with E-state index in [9.17, 15) is 0 Å². The van der Waals surface area contributed by atoms with E-state index in [1.54, 1.807) is 0 Å². The fourth-order valence-corrected chi connectivity index (χ4v) is 16.6. The van der Waals surface area contributed by atoms with E-state index in [0.29, 0.717) is 11.3 Å². The van der Waals surface area contributed by atoms with Gasteiger partial charge in [-0.05, 0) is 72.8 Å². The smallest absolute Gasteiger partial charge is 0.458 e. The number of rotatable bonds is 6. The van der Waals surface area contributed by atoms with Crippen molar-refractivity contribution in [2.45, 2.75) is 11.3 Å². The Morgan fingerprint density at radius 1 is 0.324 bits per heavy atom. The normalized spacial score (nSPS) is 13.6. The molecule has 1 aliphatic carbocycles. The Morgan fingerprint density at radius 3 is 1.04 bits per heavy atom. The Labute approximate surface area is 446 Å². The Hall–Kier alpha value is -6.68. The summed E-state index contributed by atoms with van der Waals surface area (Å²) in [5.41, 5.74) is 7.53. The average molecular weight is 1320 g/mol. The minimum Gasteiger partial charge on any atom is -0.458 e. The van der Waals surface area contributed by atoms with E-state index in [1.165, 1.54) is 31.8 Å². The number of furan rings is 3. The molecule has 2 unspecified atom stereocenters. The van der Waals surface area contributed by atoms with Gasteiger partial charge < -0.3 is 26.1 Å². The summed E-state index contributed by atoms with van der Waals surface area (Å²) in [5, 5.41) is 12.7. The number of fused-ring (bicyclic) bond motifs is 9. The van der Waals surface area contributed by atoms with E-state index in [4.69, 9.17) is 26.1 Å².